The molecule has 0 radical (unpaired) electrons. The van der Waals surface area contributed by atoms with Crippen LogP contribution in [0.3, 0.4) is 0 Å². The highest BCUT2D eigenvalue weighted by molar-refractivity contribution is 5.94. The Morgan fingerprint density at radius 3 is 2.74 bits per heavy atom. The normalized spacial score (nSPS) is 19.6. The molecule has 0 saturated heterocycles. The second-order valence-corrected chi connectivity index (χ2v) is 6.67. The van der Waals surface area contributed by atoms with Gasteiger partial charge in [0.05, 0.1) is 29.7 Å². The van der Waals surface area contributed by atoms with Gasteiger partial charge < -0.3 is 5.32 Å². The summed E-state index contributed by atoms with van der Waals surface area (Å²) in [5, 5.41) is 7.45. The zero-order valence-electron chi connectivity index (χ0n) is 14.6. The predicted octanol–water partition coefficient (Wildman–Crippen LogP) is 2.79. The van der Waals surface area contributed by atoms with Crippen molar-refractivity contribution in [1.82, 2.24) is 30.0 Å². The standard InChI is InChI=1S/C19H19FN6O/c20-15-7-13(8-22-10-15)19(27)25-16-1-3-17(4-2-16)26-11-14(9-24-26)18-5-6-21-12-23-18/h5-12,16-17H,1-4H2,(H,25,27). The number of nitrogens with one attached hydrogen (secondary N) is 1. The smallest absolute Gasteiger partial charge is 0.253 e. The lowest BCUT2D eigenvalue weighted by molar-refractivity contribution is 0.0921. The van der Waals surface area contributed by atoms with E-state index in [1.807, 2.05) is 23.1 Å². The van der Waals surface area contributed by atoms with Crippen LogP contribution in [0, 0.1) is 5.82 Å². The molecule has 1 N–H and O–H groups in total. The number of amides is 1. The van der Waals surface area contributed by atoms with Crippen molar-refractivity contribution < 1.29 is 9.18 Å². The molecule has 0 aliphatic heterocycles. The molecule has 1 fully saturated rings. The van der Waals surface area contributed by atoms with Gasteiger partial charge in [-0.05, 0) is 37.8 Å². The quantitative estimate of drug-likeness (QED) is 0.767. The first-order valence-corrected chi connectivity index (χ1v) is 8.91. The van der Waals surface area contributed by atoms with E-state index in [-0.39, 0.29) is 17.5 Å². The average Bonchev–Trinajstić information content (AvgIpc) is 3.19. The van der Waals surface area contributed by atoms with E-state index in [1.165, 1.54) is 18.6 Å². The molecule has 1 amide bonds. The van der Waals surface area contributed by atoms with Gasteiger partial charge in [0.25, 0.3) is 5.91 Å². The summed E-state index contributed by atoms with van der Waals surface area (Å²) in [5.41, 5.74) is 2.06. The van der Waals surface area contributed by atoms with E-state index < -0.39 is 5.82 Å². The molecule has 0 atom stereocenters. The highest BCUT2D eigenvalue weighted by Crippen LogP contribution is 2.29. The SMILES string of the molecule is O=C(NC1CCC(n2cc(-c3ccncn3)cn2)CC1)c1cncc(F)c1. The Kier molecular flexibility index (Phi) is 4.86. The third kappa shape index (κ3) is 3.99. The molecular formula is C19H19FN6O. The third-order valence-electron chi connectivity index (χ3n) is 4.85. The number of hydrogen-bond acceptors (Lipinski definition) is 5. The molecule has 8 heteroatoms. The van der Waals surface area contributed by atoms with Crippen molar-refractivity contribution in [2.75, 3.05) is 0 Å². The van der Waals surface area contributed by atoms with Crippen molar-refractivity contribution in [3.05, 3.63) is 60.8 Å². The zero-order valence-corrected chi connectivity index (χ0v) is 14.6. The second kappa shape index (κ2) is 7.61. The Balaban J connectivity index is 1.34. The molecular weight excluding hydrogens is 347 g/mol. The minimum atomic E-state index is -0.510. The van der Waals surface area contributed by atoms with Crippen molar-refractivity contribution in [3.8, 4) is 11.3 Å². The molecule has 138 valence electrons. The van der Waals surface area contributed by atoms with Crippen LogP contribution in [0.4, 0.5) is 4.39 Å². The average molecular weight is 366 g/mol. The number of hydrogen-bond donors (Lipinski definition) is 1. The van der Waals surface area contributed by atoms with Crippen LogP contribution in [0.25, 0.3) is 11.3 Å². The summed E-state index contributed by atoms with van der Waals surface area (Å²) in [5.74, 6) is -0.792. The monoisotopic (exact) mass is 366 g/mol. The number of carbonyl (C=O) groups excluding carboxylic acids is 1. The summed E-state index contributed by atoms with van der Waals surface area (Å²) in [6.45, 7) is 0. The minimum Gasteiger partial charge on any atom is -0.349 e. The van der Waals surface area contributed by atoms with E-state index in [0.717, 1.165) is 43.1 Å². The fourth-order valence-electron chi connectivity index (χ4n) is 3.42. The summed E-state index contributed by atoms with van der Waals surface area (Å²) in [6.07, 6.45) is 13.0. The Hall–Kier alpha value is -3.16. The highest BCUT2D eigenvalue weighted by Gasteiger charge is 2.24. The molecule has 3 aromatic rings. The van der Waals surface area contributed by atoms with Crippen LogP contribution >= 0.6 is 0 Å². The largest absolute Gasteiger partial charge is 0.349 e. The highest BCUT2D eigenvalue weighted by atomic mass is 19.1. The first kappa shape index (κ1) is 17.3. The molecule has 3 heterocycles. The van der Waals surface area contributed by atoms with Crippen molar-refractivity contribution >= 4 is 5.91 Å². The molecule has 0 spiro atoms. The number of carbonyl (C=O) groups is 1. The lowest BCUT2D eigenvalue weighted by Gasteiger charge is -2.29. The second-order valence-electron chi connectivity index (χ2n) is 6.67. The first-order chi connectivity index (χ1) is 13.2. The molecule has 3 aromatic heterocycles. The Morgan fingerprint density at radius 1 is 1.15 bits per heavy atom. The van der Waals surface area contributed by atoms with Crippen molar-refractivity contribution in [1.29, 1.82) is 0 Å². The van der Waals surface area contributed by atoms with Gasteiger partial charge in [0.15, 0.2) is 0 Å². The molecule has 0 aromatic carbocycles. The maximum Gasteiger partial charge on any atom is 0.253 e. The van der Waals surface area contributed by atoms with E-state index in [2.05, 4.69) is 25.4 Å². The lowest BCUT2D eigenvalue weighted by atomic mass is 9.91. The zero-order chi connectivity index (χ0) is 18.6. The molecule has 4 rings (SSSR count). The molecule has 0 unspecified atom stereocenters. The predicted molar refractivity (Wildman–Crippen MR) is 96.2 cm³/mol. The van der Waals surface area contributed by atoms with Crippen LogP contribution in [0.5, 0.6) is 0 Å². The topological polar surface area (TPSA) is 85.6 Å². The summed E-state index contributed by atoms with van der Waals surface area (Å²) in [4.78, 5) is 24.1. The van der Waals surface area contributed by atoms with Gasteiger partial charge in [-0.15, -0.1) is 0 Å². The van der Waals surface area contributed by atoms with E-state index >= 15 is 0 Å². The summed E-state index contributed by atoms with van der Waals surface area (Å²) in [7, 11) is 0. The number of halogens is 1. The Labute approximate surface area is 155 Å². The third-order valence-corrected chi connectivity index (χ3v) is 4.85. The summed E-state index contributed by atoms with van der Waals surface area (Å²) < 4.78 is 15.2. The number of rotatable bonds is 4. The van der Waals surface area contributed by atoms with Gasteiger partial charge in [-0.1, -0.05) is 0 Å². The fourth-order valence-corrected chi connectivity index (χ4v) is 3.42. The van der Waals surface area contributed by atoms with Crippen molar-refractivity contribution in [2.24, 2.45) is 0 Å². The maximum absolute atomic E-state index is 13.2. The van der Waals surface area contributed by atoms with Crippen molar-refractivity contribution in [3.63, 3.8) is 0 Å². The molecule has 1 aliphatic carbocycles. The van der Waals surface area contributed by atoms with Crippen molar-refractivity contribution in [2.45, 2.75) is 37.8 Å². The summed E-state index contributed by atoms with van der Waals surface area (Å²) in [6, 6.07) is 3.43. The van der Waals surface area contributed by atoms with Crippen LogP contribution in [0.1, 0.15) is 42.1 Å². The van der Waals surface area contributed by atoms with Gasteiger partial charge in [-0.3, -0.25) is 14.5 Å². The van der Waals surface area contributed by atoms with Gasteiger partial charge in [0, 0.05) is 30.2 Å². The van der Waals surface area contributed by atoms with E-state index in [9.17, 15) is 9.18 Å². The fraction of sp³-hybridized carbons (Fsp3) is 0.316. The number of nitrogens with zero attached hydrogens (tertiary/aromatic N) is 5. The number of pyridine rings is 1. The molecule has 1 aliphatic rings. The van der Waals surface area contributed by atoms with Crippen LogP contribution < -0.4 is 5.32 Å². The van der Waals surface area contributed by atoms with Crippen LogP contribution in [0.15, 0.2) is 49.4 Å². The molecule has 0 bridgehead atoms. The van der Waals surface area contributed by atoms with Crippen LogP contribution in [0.2, 0.25) is 0 Å². The Morgan fingerprint density at radius 2 is 2.00 bits per heavy atom. The van der Waals surface area contributed by atoms with Gasteiger partial charge >= 0.3 is 0 Å². The minimum absolute atomic E-state index is 0.0777. The number of aromatic nitrogens is 5. The lowest BCUT2D eigenvalue weighted by Crippen LogP contribution is -2.38. The van der Waals surface area contributed by atoms with Crippen LogP contribution in [-0.2, 0) is 0 Å². The van der Waals surface area contributed by atoms with Gasteiger partial charge in [-0.25, -0.2) is 14.4 Å². The summed E-state index contributed by atoms with van der Waals surface area (Å²) >= 11 is 0. The van der Waals surface area contributed by atoms with E-state index in [4.69, 9.17) is 0 Å². The molecule has 1 saturated carbocycles. The van der Waals surface area contributed by atoms with E-state index in [1.54, 1.807) is 6.20 Å². The van der Waals surface area contributed by atoms with Crippen LogP contribution in [-0.4, -0.2) is 36.7 Å². The Bertz CT molecular complexity index is 921. The molecule has 7 nitrogen and oxygen atoms in total. The maximum atomic E-state index is 13.2. The van der Waals surface area contributed by atoms with Gasteiger partial charge in [0.1, 0.15) is 12.1 Å². The molecule has 27 heavy (non-hydrogen) atoms. The van der Waals surface area contributed by atoms with Gasteiger partial charge in [-0.2, -0.15) is 5.10 Å². The first-order valence-electron chi connectivity index (χ1n) is 8.91. The van der Waals surface area contributed by atoms with Gasteiger partial charge in [0.2, 0.25) is 0 Å². The van der Waals surface area contributed by atoms with E-state index in [0.29, 0.717) is 6.04 Å².